The number of nitriles is 1. The minimum Gasteiger partial charge on any atom is -0.351 e. The van der Waals surface area contributed by atoms with Gasteiger partial charge in [-0.25, -0.2) is 14.8 Å². The van der Waals surface area contributed by atoms with Gasteiger partial charge in [-0.1, -0.05) is 11.3 Å². The van der Waals surface area contributed by atoms with Crippen molar-refractivity contribution in [3.63, 3.8) is 0 Å². The van der Waals surface area contributed by atoms with E-state index in [-0.39, 0.29) is 12.1 Å². The first kappa shape index (κ1) is 17.1. The number of likely N-dealkylation sites (N-methyl/N-ethyl adjacent to an activating group) is 1. The van der Waals surface area contributed by atoms with Crippen molar-refractivity contribution in [2.45, 2.75) is 19.0 Å². The number of nitrogens with two attached hydrogens (primary N) is 1. The van der Waals surface area contributed by atoms with E-state index in [1.54, 1.807) is 18.1 Å². The number of rotatable bonds is 5. The van der Waals surface area contributed by atoms with Crippen LogP contribution in [0.25, 0.3) is 0 Å². The van der Waals surface area contributed by atoms with E-state index in [9.17, 15) is 4.79 Å². The van der Waals surface area contributed by atoms with Crippen LogP contribution in [0.4, 0.5) is 15.7 Å². The van der Waals surface area contributed by atoms with E-state index < -0.39 is 0 Å². The highest BCUT2D eigenvalue weighted by atomic mass is 32.1. The first-order valence-corrected chi connectivity index (χ1v) is 8.69. The number of carbonyl (C=O) groups excluding carboxylic acids is 1. The van der Waals surface area contributed by atoms with Crippen molar-refractivity contribution in [3.05, 3.63) is 35.0 Å². The number of primary amides is 1. The van der Waals surface area contributed by atoms with Gasteiger partial charge in [0.15, 0.2) is 5.13 Å². The number of likely N-dealkylation sites (tertiary alicyclic amines) is 1. The molecule has 1 saturated heterocycles. The summed E-state index contributed by atoms with van der Waals surface area (Å²) in [6.07, 6.45) is 4.21. The van der Waals surface area contributed by atoms with E-state index in [0.29, 0.717) is 15.8 Å². The highest BCUT2D eigenvalue weighted by Gasteiger charge is 2.27. The van der Waals surface area contributed by atoms with Crippen molar-refractivity contribution in [1.82, 2.24) is 19.8 Å². The van der Waals surface area contributed by atoms with Gasteiger partial charge in [-0.15, -0.1) is 0 Å². The number of carbonyl (C=O) groups is 1. The molecule has 2 amide bonds. The number of thiazole rings is 1. The number of hydrogen-bond donors (Lipinski definition) is 2. The summed E-state index contributed by atoms with van der Waals surface area (Å²) in [7, 11) is 1.74. The monoisotopic (exact) mass is 357 g/mol. The second-order valence-electron chi connectivity index (χ2n) is 5.94. The van der Waals surface area contributed by atoms with Gasteiger partial charge < -0.3 is 16.0 Å². The van der Waals surface area contributed by atoms with Gasteiger partial charge in [0.05, 0.1) is 6.20 Å². The molecule has 3 heterocycles. The number of nitrogens with zero attached hydrogens (tertiary/aromatic N) is 5. The topological polar surface area (TPSA) is 111 Å². The van der Waals surface area contributed by atoms with Gasteiger partial charge in [0.1, 0.15) is 16.8 Å². The fourth-order valence-corrected chi connectivity index (χ4v) is 3.46. The second kappa shape index (κ2) is 7.46. The van der Waals surface area contributed by atoms with E-state index in [4.69, 9.17) is 11.0 Å². The molecular weight excluding hydrogens is 338 g/mol. The van der Waals surface area contributed by atoms with Crippen LogP contribution < -0.4 is 11.1 Å². The molecule has 3 N–H and O–H groups in total. The Hall–Kier alpha value is -2.70. The Bertz CT molecular complexity index is 800. The molecule has 1 fully saturated rings. The molecule has 25 heavy (non-hydrogen) atoms. The average molecular weight is 357 g/mol. The Kier molecular flexibility index (Phi) is 5.11. The van der Waals surface area contributed by atoms with Crippen molar-refractivity contribution < 1.29 is 4.79 Å². The lowest BCUT2D eigenvalue weighted by Crippen LogP contribution is -2.41. The number of aromatic nitrogens is 2. The van der Waals surface area contributed by atoms with Gasteiger partial charge in [-0.2, -0.15) is 5.26 Å². The summed E-state index contributed by atoms with van der Waals surface area (Å²) in [5.74, 6) is 0.696. The number of nitrogens with one attached hydrogen (secondary N) is 1. The molecule has 0 bridgehead atoms. The van der Waals surface area contributed by atoms with Crippen LogP contribution in [0.5, 0.6) is 0 Å². The maximum atomic E-state index is 11.3. The Morgan fingerprint density at radius 1 is 1.60 bits per heavy atom. The fraction of sp³-hybridized carbons (Fsp3) is 0.375. The predicted molar refractivity (Wildman–Crippen MR) is 95.4 cm³/mol. The average Bonchev–Trinajstić information content (AvgIpc) is 3.24. The van der Waals surface area contributed by atoms with Crippen LogP contribution in [-0.2, 0) is 6.54 Å². The summed E-state index contributed by atoms with van der Waals surface area (Å²) in [6.45, 7) is 2.51. The number of pyridine rings is 1. The summed E-state index contributed by atoms with van der Waals surface area (Å²) in [4.78, 5) is 24.2. The highest BCUT2D eigenvalue weighted by Crippen LogP contribution is 2.22. The highest BCUT2D eigenvalue weighted by molar-refractivity contribution is 7.16. The molecule has 2 aromatic heterocycles. The standard InChI is InChI=1S/C16H19N7OS/c1-22(15(18)24)12-3-5-23(10-12)9-11-2-4-19-14(6-11)21-16-20-8-13(7-17)25-16/h2,4,6,8,12H,3,5,9-10H2,1H3,(H2,18,24)(H,19,20,21)/t12-/m1/s1. The first-order valence-electron chi connectivity index (χ1n) is 7.87. The lowest BCUT2D eigenvalue weighted by molar-refractivity contribution is 0.198. The molecule has 0 aliphatic carbocycles. The van der Waals surface area contributed by atoms with Crippen molar-refractivity contribution in [3.8, 4) is 6.07 Å². The molecule has 130 valence electrons. The van der Waals surface area contributed by atoms with Crippen molar-refractivity contribution in [2.24, 2.45) is 5.73 Å². The minimum absolute atomic E-state index is 0.164. The summed E-state index contributed by atoms with van der Waals surface area (Å²) < 4.78 is 0. The molecule has 0 spiro atoms. The van der Waals surface area contributed by atoms with Gasteiger partial charge in [0.25, 0.3) is 0 Å². The molecular formula is C16H19N7OS. The molecule has 1 aliphatic heterocycles. The van der Waals surface area contributed by atoms with Gasteiger partial charge >= 0.3 is 6.03 Å². The van der Waals surface area contributed by atoms with Crippen LogP contribution in [0.3, 0.4) is 0 Å². The van der Waals surface area contributed by atoms with E-state index >= 15 is 0 Å². The minimum atomic E-state index is -0.387. The van der Waals surface area contributed by atoms with Crippen LogP contribution in [0.1, 0.15) is 16.9 Å². The molecule has 0 saturated carbocycles. The molecule has 0 radical (unpaired) electrons. The third-order valence-corrected chi connectivity index (χ3v) is 5.04. The van der Waals surface area contributed by atoms with E-state index in [1.807, 2.05) is 12.1 Å². The molecule has 2 aromatic rings. The third kappa shape index (κ3) is 4.23. The van der Waals surface area contributed by atoms with Crippen molar-refractivity contribution >= 4 is 28.3 Å². The third-order valence-electron chi connectivity index (χ3n) is 4.22. The lowest BCUT2D eigenvalue weighted by atomic mass is 10.2. The molecule has 0 aromatic carbocycles. The van der Waals surface area contributed by atoms with Crippen LogP contribution in [0.2, 0.25) is 0 Å². The normalized spacial score (nSPS) is 17.2. The van der Waals surface area contributed by atoms with E-state index in [1.165, 1.54) is 17.5 Å². The maximum Gasteiger partial charge on any atom is 0.314 e. The summed E-state index contributed by atoms with van der Waals surface area (Å²) >= 11 is 1.29. The number of urea groups is 1. The molecule has 1 aliphatic rings. The van der Waals surface area contributed by atoms with Gasteiger partial charge in [0.2, 0.25) is 0 Å². The zero-order valence-corrected chi connectivity index (χ0v) is 14.7. The van der Waals surface area contributed by atoms with Gasteiger partial charge in [-0.05, 0) is 24.1 Å². The smallest absolute Gasteiger partial charge is 0.314 e. The van der Waals surface area contributed by atoms with E-state index in [2.05, 4.69) is 26.3 Å². The fourth-order valence-electron chi connectivity index (χ4n) is 2.84. The predicted octanol–water partition coefficient (Wildman–Crippen LogP) is 1.74. The van der Waals surface area contributed by atoms with Crippen LogP contribution in [0.15, 0.2) is 24.5 Å². The largest absolute Gasteiger partial charge is 0.351 e. The van der Waals surface area contributed by atoms with Crippen LogP contribution >= 0.6 is 11.3 Å². The zero-order chi connectivity index (χ0) is 17.8. The second-order valence-corrected chi connectivity index (χ2v) is 6.97. The SMILES string of the molecule is CN(C(N)=O)[C@@H]1CCN(Cc2ccnc(Nc3ncc(C#N)s3)c2)C1. The van der Waals surface area contributed by atoms with Crippen molar-refractivity contribution in [1.29, 1.82) is 5.26 Å². The number of hydrogen-bond acceptors (Lipinski definition) is 7. The maximum absolute atomic E-state index is 11.3. The lowest BCUT2D eigenvalue weighted by Gasteiger charge is -2.23. The zero-order valence-electron chi connectivity index (χ0n) is 13.8. The Labute approximate surface area is 149 Å². The molecule has 0 unspecified atom stereocenters. The first-order chi connectivity index (χ1) is 12.0. The molecule has 1 atom stereocenters. The van der Waals surface area contributed by atoms with Crippen LogP contribution in [0, 0.1) is 11.3 Å². The van der Waals surface area contributed by atoms with E-state index in [0.717, 1.165) is 31.6 Å². The Balaban J connectivity index is 1.60. The van der Waals surface area contributed by atoms with Gasteiger partial charge in [0, 0.05) is 38.9 Å². The molecule has 8 nitrogen and oxygen atoms in total. The molecule has 9 heteroatoms. The van der Waals surface area contributed by atoms with Gasteiger partial charge in [-0.3, -0.25) is 4.90 Å². The summed E-state index contributed by atoms with van der Waals surface area (Å²) in [5, 5.41) is 12.6. The summed E-state index contributed by atoms with van der Waals surface area (Å²) in [6, 6.07) is 5.78. The quantitative estimate of drug-likeness (QED) is 0.843. The summed E-state index contributed by atoms with van der Waals surface area (Å²) in [5.41, 5.74) is 6.47. The number of anilines is 2. The molecule has 3 rings (SSSR count). The Morgan fingerprint density at radius 3 is 3.16 bits per heavy atom. The van der Waals surface area contributed by atoms with Crippen LogP contribution in [-0.4, -0.2) is 52.0 Å². The van der Waals surface area contributed by atoms with Crippen molar-refractivity contribution in [2.75, 3.05) is 25.5 Å². The number of amides is 2. The Morgan fingerprint density at radius 2 is 2.44 bits per heavy atom.